The lowest BCUT2D eigenvalue weighted by molar-refractivity contribution is 0.668. The van der Waals surface area contributed by atoms with Gasteiger partial charge in [0.2, 0.25) is 0 Å². The second-order valence-corrected chi connectivity index (χ2v) is 16.7. The van der Waals surface area contributed by atoms with Crippen molar-refractivity contribution >= 4 is 76.7 Å². The molecule has 0 unspecified atom stereocenters. The topological polar surface area (TPSA) is 104 Å². The number of hydrogen-bond donors (Lipinski definition) is 0. The van der Waals surface area contributed by atoms with Gasteiger partial charge in [0.1, 0.15) is 33.5 Å². The van der Waals surface area contributed by atoms with E-state index in [1.54, 1.807) is 0 Å². The molecule has 9 aromatic carbocycles. The van der Waals surface area contributed by atoms with Crippen LogP contribution in [0.5, 0.6) is 0 Å². The summed E-state index contributed by atoms with van der Waals surface area (Å²) in [4.78, 5) is 25.7. The molecule has 0 radical (unpaired) electrons. The van der Waals surface area contributed by atoms with Crippen LogP contribution in [0.4, 0.5) is 0 Å². The number of hydrogen-bond acceptors (Lipinski definition) is 8. The Hall–Kier alpha value is -9.27. The molecule has 0 saturated carbocycles. The molecule has 0 N–H and O–H groups in total. The largest absolute Gasteiger partial charge is 0.456 e. The molecule has 5 heterocycles. The van der Waals surface area contributed by atoms with E-state index in [1.165, 1.54) is 0 Å². The second-order valence-electron chi connectivity index (χ2n) is 16.7. The molecule has 8 heteroatoms. The number of nitrogens with zero attached hydrogens (tertiary/aromatic N) is 5. The van der Waals surface area contributed by atoms with Gasteiger partial charge in [0, 0.05) is 65.5 Å². The Kier molecular flexibility index (Phi) is 8.11. The van der Waals surface area contributed by atoms with Gasteiger partial charge in [0.15, 0.2) is 23.3 Å². The third kappa shape index (κ3) is 5.97. The Morgan fingerprint density at radius 2 is 0.687 bits per heavy atom. The van der Waals surface area contributed by atoms with E-state index in [2.05, 4.69) is 66.7 Å². The van der Waals surface area contributed by atoms with Crippen LogP contribution in [0.3, 0.4) is 0 Å². The number of fused-ring (bicyclic) bond motifs is 10. The number of furan rings is 3. The fourth-order valence-corrected chi connectivity index (χ4v) is 9.69. The minimum absolute atomic E-state index is 0.569. The SMILES string of the molecule is c1ccc(-c2nc(-c3ccccc3)nc(-c3cccc4oc5ccc(-c6ccc7oc8cccc(-c9nc(-c%10cccc%11oc%12ccccc%12c%10%11)c%10ccccc%10n9)c8c7c6)cc5c34)n2)cc1. The van der Waals surface area contributed by atoms with Gasteiger partial charge in [-0.1, -0.05) is 146 Å². The van der Waals surface area contributed by atoms with Crippen LogP contribution < -0.4 is 0 Å². The number of para-hydroxylation sites is 2. The molecule has 0 atom stereocenters. The van der Waals surface area contributed by atoms with Crippen molar-refractivity contribution in [1.29, 1.82) is 0 Å². The summed E-state index contributed by atoms with van der Waals surface area (Å²) in [5.74, 6) is 2.38. The zero-order valence-electron chi connectivity index (χ0n) is 35.5. The zero-order valence-corrected chi connectivity index (χ0v) is 35.5. The molecule has 0 aliphatic heterocycles. The standard InChI is InChI=1S/C59H33N5O3/c1-3-14-34(15-4-1)56-62-57(35-16-5-2-6-17-35)64-59(63-56)42-22-13-27-51-54(42)44-33-37(29-31-48(44)67-51)36-28-30-47-43(32-36)53-41(21-12-26-50(53)66-47)58-60-45-23-9-7-18-38(45)55(61-58)40-20-11-25-49-52(40)39-19-8-10-24-46(39)65-49/h1-33H. The molecule has 0 saturated heterocycles. The van der Waals surface area contributed by atoms with Gasteiger partial charge in [-0.3, -0.25) is 0 Å². The van der Waals surface area contributed by atoms with Gasteiger partial charge in [-0.15, -0.1) is 0 Å². The second kappa shape index (κ2) is 14.6. The average molecular weight is 860 g/mol. The van der Waals surface area contributed by atoms with E-state index < -0.39 is 0 Å². The van der Waals surface area contributed by atoms with E-state index in [1.807, 2.05) is 133 Å². The van der Waals surface area contributed by atoms with Crippen LogP contribution in [0.15, 0.2) is 213 Å². The highest BCUT2D eigenvalue weighted by atomic mass is 16.3. The summed E-state index contributed by atoms with van der Waals surface area (Å²) in [5.41, 5.74) is 13.0. The smallest absolute Gasteiger partial charge is 0.164 e. The maximum Gasteiger partial charge on any atom is 0.164 e. The van der Waals surface area contributed by atoms with E-state index in [4.69, 9.17) is 38.2 Å². The number of benzene rings is 9. The summed E-state index contributed by atoms with van der Waals surface area (Å²) in [6.07, 6.45) is 0. The first-order valence-electron chi connectivity index (χ1n) is 22.1. The van der Waals surface area contributed by atoms with E-state index >= 15 is 0 Å². The molecule has 5 aromatic heterocycles. The maximum absolute atomic E-state index is 6.56. The lowest BCUT2D eigenvalue weighted by atomic mass is 9.98. The van der Waals surface area contributed by atoms with Crippen molar-refractivity contribution in [2.45, 2.75) is 0 Å². The van der Waals surface area contributed by atoms with E-state index in [-0.39, 0.29) is 0 Å². The Morgan fingerprint density at radius 3 is 1.27 bits per heavy atom. The van der Waals surface area contributed by atoms with Crippen molar-refractivity contribution in [2.24, 2.45) is 0 Å². The minimum Gasteiger partial charge on any atom is -0.456 e. The van der Waals surface area contributed by atoms with E-state index in [9.17, 15) is 0 Å². The predicted molar refractivity (Wildman–Crippen MR) is 267 cm³/mol. The summed E-state index contributed by atoms with van der Waals surface area (Å²) in [6.45, 7) is 0. The van der Waals surface area contributed by atoms with Crippen LogP contribution in [0, 0.1) is 0 Å². The predicted octanol–water partition coefficient (Wildman–Crippen LogP) is 15.5. The summed E-state index contributed by atoms with van der Waals surface area (Å²) in [6, 6.07) is 67.5. The van der Waals surface area contributed by atoms with Crippen LogP contribution in [0.25, 0.3) is 145 Å². The lowest BCUT2D eigenvalue weighted by Crippen LogP contribution is -2.00. The van der Waals surface area contributed by atoms with Crippen LogP contribution in [0.1, 0.15) is 0 Å². The summed E-state index contributed by atoms with van der Waals surface area (Å²) in [7, 11) is 0. The third-order valence-electron chi connectivity index (χ3n) is 12.8. The van der Waals surface area contributed by atoms with Gasteiger partial charge in [-0.05, 0) is 65.7 Å². The first-order valence-corrected chi connectivity index (χ1v) is 22.1. The van der Waals surface area contributed by atoms with Crippen molar-refractivity contribution in [3.63, 3.8) is 0 Å². The molecule has 312 valence electrons. The summed E-state index contributed by atoms with van der Waals surface area (Å²) >= 11 is 0. The van der Waals surface area contributed by atoms with Crippen LogP contribution in [0.2, 0.25) is 0 Å². The van der Waals surface area contributed by atoms with Crippen molar-refractivity contribution in [1.82, 2.24) is 24.9 Å². The van der Waals surface area contributed by atoms with Crippen LogP contribution >= 0.6 is 0 Å². The monoisotopic (exact) mass is 859 g/mol. The Labute approximate surface area is 381 Å². The van der Waals surface area contributed by atoms with E-state index in [0.29, 0.717) is 23.3 Å². The molecular weight excluding hydrogens is 827 g/mol. The molecule has 8 nitrogen and oxygen atoms in total. The summed E-state index contributed by atoms with van der Waals surface area (Å²) in [5, 5.41) is 6.85. The van der Waals surface area contributed by atoms with Gasteiger partial charge < -0.3 is 13.3 Å². The highest BCUT2D eigenvalue weighted by Crippen LogP contribution is 2.43. The first kappa shape index (κ1) is 37.1. The van der Waals surface area contributed by atoms with Crippen molar-refractivity contribution in [3.05, 3.63) is 200 Å². The zero-order chi connectivity index (χ0) is 44.0. The Morgan fingerprint density at radius 1 is 0.254 bits per heavy atom. The van der Waals surface area contributed by atoms with Gasteiger partial charge >= 0.3 is 0 Å². The molecule has 14 aromatic rings. The number of rotatable bonds is 6. The molecule has 14 rings (SSSR count). The van der Waals surface area contributed by atoms with Crippen molar-refractivity contribution in [2.75, 3.05) is 0 Å². The fraction of sp³-hybridized carbons (Fsp3) is 0. The van der Waals surface area contributed by atoms with Gasteiger partial charge in [-0.2, -0.15) is 0 Å². The Bertz CT molecular complexity index is 4230. The lowest BCUT2D eigenvalue weighted by Gasteiger charge is -2.11. The van der Waals surface area contributed by atoms with Gasteiger partial charge in [0.05, 0.1) is 11.2 Å². The van der Waals surface area contributed by atoms with Crippen molar-refractivity contribution in [3.8, 4) is 67.9 Å². The molecule has 0 bridgehead atoms. The summed E-state index contributed by atoms with van der Waals surface area (Å²) < 4.78 is 19.4. The highest BCUT2D eigenvalue weighted by Gasteiger charge is 2.22. The van der Waals surface area contributed by atoms with Crippen LogP contribution in [-0.2, 0) is 0 Å². The molecule has 67 heavy (non-hydrogen) atoms. The minimum atomic E-state index is 0.569. The average Bonchev–Trinajstić information content (AvgIpc) is 4.10. The van der Waals surface area contributed by atoms with E-state index in [0.717, 1.165) is 121 Å². The van der Waals surface area contributed by atoms with Gasteiger partial charge in [-0.25, -0.2) is 24.9 Å². The van der Waals surface area contributed by atoms with Crippen LogP contribution in [-0.4, -0.2) is 24.9 Å². The Balaban J connectivity index is 0.931. The molecule has 0 fully saturated rings. The molecule has 0 spiro atoms. The first-order chi connectivity index (χ1) is 33.2. The van der Waals surface area contributed by atoms with Gasteiger partial charge in [0.25, 0.3) is 0 Å². The molecule has 0 aliphatic rings. The normalized spacial score (nSPS) is 11.9. The quantitative estimate of drug-likeness (QED) is 0.163. The maximum atomic E-state index is 6.56. The molecule has 0 aliphatic carbocycles. The fourth-order valence-electron chi connectivity index (χ4n) is 9.69. The molecule has 0 amide bonds. The number of aromatic nitrogens is 5. The molecular formula is C59H33N5O3. The third-order valence-corrected chi connectivity index (χ3v) is 12.8. The highest BCUT2D eigenvalue weighted by molar-refractivity contribution is 6.17. The van der Waals surface area contributed by atoms with Crippen molar-refractivity contribution < 1.29 is 13.3 Å².